The van der Waals surface area contributed by atoms with Crippen molar-refractivity contribution in [2.45, 2.75) is 24.7 Å². The second-order valence-corrected chi connectivity index (χ2v) is 11.1. The van der Waals surface area contributed by atoms with Crippen LogP contribution in [0, 0.1) is 12.8 Å². The summed E-state index contributed by atoms with van der Waals surface area (Å²) in [6.07, 6.45) is 1.74. The lowest BCUT2D eigenvalue weighted by atomic mass is 9.97. The standard InChI is InChI=1S/C26H30N4O4S/c1-19-4-7-22(8-5-19)27-26(31)21-3-2-12-29(18-21)25-11-6-20-17-23(9-10-24(20)28-25)35(32,33)30-13-15-34-16-14-30/h4-11,17,21H,2-3,12-16,18H2,1H3,(H,27,31)/t21-/m1/s1. The highest BCUT2D eigenvalue weighted by Gasteiger charge is 2.28. The second-order valence-electron chi connectivity index (χ2n) is 9.18. The summed E-state index contributed by atoms with van der Waals surface area (Å²) in [6, 6.07) is 16.7. The third kappa shape index (κ3) is 5.17. The van der Waals surface area contributed by atoms with Gasteiger partial charge in [0.05, 0.1) is 29.5 Å². The van der Waals surface area contributed by atoms with Crippen LogP contribution in [0.15, 0.2) is 59.5 Å². The highest BCUT2D eigenvalue weighted by atomic mass is 32.2. The van der Waals surface area contributed by atoms with E-state index < -0.39 is 10.0 Å². The van der Waals surface area contributed by atoms with Crippen molar-refractivity contribution in [3.8, 4) is 0 Å². The lowest BCUT2D eigenvalue weighted by molar-refractivity contribution is -0.120. The highest BCUT2D eigenvalue weighted by molar-refractivity contribution is 7.89. The van der Waals surface area contributed by atoms with Gasteiger partial charge in [-0.15, -0.1) is 0 Å². The summed E-state index contributed by atoms with van der Waals surface area (Å²) >= 11 is 0. The summed E-state index contributed by atoms with van der Waals surface area (Å²) in [5, 5.41) is 3.81. The van der Waals surface area contributed by atoms with Crippen molar-refractivity contribution in [2.75, 3.05) is 49.6 Å². The summed E-state index contributed by atoms with van der Waals surface area (Å²) in [4.78, 5) is 20.1. The van der Waals surface area contributed by atoms with Crippen molar-refractivity contribution in [2.24, 2.45) is 5.92 Å². The van der Waals surface area contributed by atoms with Crippen LogP contribution < -0.4 is 10.2 Å². The van der Waals surface area contributed by atoms with Crippen LogP contribution in [0.4, 0.5) is 11.5 Å². The van der Waals surface area contributed by atoms with E-state index in [2.05, 4.69) is 10.2 Å². The van der Waals surface area contributed by atoms with Gasteiger partial charge < -0.3 is 15.0 Å². The topological polar surface area (TPSA) is 91.8 Å². The Balaban J connectivity index is 1.30. The van der Waals surface area contributed by atoms with Gasteiger partial charge in [-0.3, -0.25) is 4.79 Å². The molecule has 184 valence electrons. The minimum atomic E-state index is -3.56. The molecule has 2 aliphatic rings. The van der Waals surface area contributed by atoms with Gasteiger partial charge in [-0.25, -0.2) is 13.4 Å². The molecule has 1 N–H and O–H groups in total. The van der Waals surface area contributed by atoms with Gasteiger partial charge in [-0.2, -0.15) is 4.31 Å². The zero-order valence-electron chi connectivity index (χ0n) is 19.8. The first-order valence-electron chi connectivity index (χ1n) is 12.0. The van der Waals surface area contributed by atoms with Crippen LogP contribution in [0.25, 0.3) is 10.9 Å². The molecule has 0 bridgehead atoms. The van der Waals surface area contributed by atoms with Gasteiger partial charge in [-0.05, 0) is 62.2 Å². The lowest BCUT2D eigenvalue weighted by Crippen LogP contribution is -2.41. The maximum absolute atomic E-state index is 13.0. The van der Waals surface area contributed by atoms with Crippen molar-refractivity contribution in [1.82, 2.24) is 9.29 Å². The third-order valence-corrected chi connectivity index (χ3v) is 8.58. The molecule has 0 saturated carbocycles. The fourth-order valence-corrected chi connectivity index (χ4v) is 6.09. The molecule has 9 heteroatoms. The van der Waals surface area contributed by atoms with Crippen LogP contribution in [-0.2, 0) is 19.6 Å². The largest absolute Gasteiger partial charge is 0.379 e. The first-order chi connectivity index (χ1) is 16.9. The highest BCUT2D eigenvalue weighted by Crippen LogP contribution is 2.27. The van der Waals surface area contributed by atoms with E-state index in [-0.39, 0.29) is 16.7 Å². The van der Waals surface area contributed by atoms with Crippen molar-refractivity contribution >= 4 is 38.3 Å². The van der Waals surface area contributed by atoms with Gasteiger partial charge >= 0.3 is 0 Å². The number of aromatic nitrogens is 1. The van der Waals surface area contributed by atoms with Gasteiger partial charge in [0.25, 0.3) is 0 Å². The zero-order chi connectivity index (χ0) is 24.4. The normalized spacial score (nSPS) is 19.6. The number of nitrogens with one attached hydrogen (secondary N) is 1. The van der Waals surface area contributed by atoms with E-state index in [0.29, 0.717) is 32.8 Å². The Hall–Kier alpha value is -3.01. The lowest BCUT2D eigenvalue weighted by Gasteiger charge is -2.33. The Labute approximate surface area is 205 Å². The maximum Gasteiger partial charge on any atom is 0.243 e. The molecule has 8 nitrogen and oxygen atoms in total. The number of piperidine rings is 1. The molecule has 2 saturated heterocycles. The summed E-state index contributed by atoms with van der Waals surface area (Å²) < 4.78 is 32.7. The molecule has 0 spiro atoms. The minimum Gasteiger partial charge on any atom is -0.379 e. The van der Waals surface area contributed by atoms with Gasteiger partial charge in [0.15, 0.2) is 0 Å². The Morgan fingerprint density at radius 3 is 2.57 bits per heavy atom. The number of amides is 1. The third-order valence-electron chi connectivity index (χ3n) is 6.69. The quantitative estimate of drug-likeness (QED) is 0.584. The molecule has 0 radical (unpaired) electrons. The zero-order valence-corrected chi connectivity index (χ0v) is 20.6. The Morgan fingerprint density at radius 1 is 1.03 bits per heavy atom. The van der Waals surface area contributed by atoms with E-state index in [1.807, 2.05) is 43.3 Å². The molecule has 2 aromatic carbocycles. The molecule has 35 heavy (non-hydrogen) atoms. The predicted octanol–water partition coefficient (Wildman–Crippen LogP) is 3.42. The van der Waals surface area contributed by atoms with Gasteiger partial charge in [0.2, 0.25) is 15.9 Å². The van der Waals surface area contributed by atoms with Crippen molar-refractivity contribution in [1.29, 1.82) is 0 Å². The summed E-state index contributed by atoms with van der Waals surface area (Å²) in [5.74, 6) is 0.704. The predicted molar refractivity (Wildman–Crippen MR) is 136 cm³/mol. The number of aryl methyl sites for hydroxylation is 1. The minimum absolute atomic E-state index is 0.0253. The molecule has 2 aliphatic heterocycles. The fourth-order valence-electron chi connectivity index (χ4n) is 4.65. The average Bonchev–Trinajstić information content (AvgIpc) is 2.90. The van der Waals surface area contributed by atoms with Crippen molar-refractivity contribution < 1.29 is 17.9 Å². The summed E-state index contributed by atoms with van der Waals surface area (Å²) in [6.45, 7) is 5.01. The molecule has 0 unspecified atom stereocenters. The van der Waals surface area contributed by atoms with E-state index in [0.717, 1.165) is 47.4 Å². The molecule has 3 heterocycles. The van der Waals surface area contributed by atoms with E-state index in [4.69, 9.17) is 9.72 Å². The number of sulfonamides is 1. The van der Waals surface area contributed by atoms with Gasteiger partial charge in [0, 0.05) is 37.3 Å². The number of nitrogens with zero attached hydrogens (tertiary/aromatic N) is 3. The van der Waals surface area contributed by atoms with Gasteiger partial charge in [-0.1, -0.05) is 17.7 Å². The Morgan fingerprint density at radius 2 is 1.80 bits per heavy atom. The number of rotatable bonds is 5. The molecule has 0 aliphatic carbocycles. The molecule has 1 aromatic heterocycles. The van der Waals surface area contributed by atoms with Crippen LogP contribution in [0.2, 0.25) is 0 Å². The molecule has 5 rings (SSSR count). The first kappa shape index (κ1) is 23.7. The fraction of sp³-hybridized carbons (Fsp3) is 0.385. The van der Waals surface area contributed by atoms with E-state index in [1.54, 1.807) is 18.2 Å². The molecule has 2 fully saturated rings. The van der Waals surface area contributed by atoms with Crippen molar-refractivity contribution in [3.63, 3.8) is 0 Å². The average molecular weight is 495 g/mol. The number of hydrogen-bond acceptors (Lipinski definition) is 6. The first-order valence-corrected chi connectivity index (χ1v) is 13.5. The van der Waals surface area contributed by atoms with E-state index in [9.17, 15) is 13.2 Å². The van der Waals surface area contributed by atoms with Crippen LogP contribution in [0.3, 0.4) is 0 Å². The van der Waals surface area contributed by atoms with Crippen LogP contribution in [-0.4, -0.2) is 63.0 Å². The number of anilines is 2. The molecular formula is C26H30N4O4S. The number of pyridine rings is 1. The monoisotopic (exact) mass is 494 g/mol. The molecular weight excluding hydrogens is 464 g/mol. The number of carbonyl (C=O) groups excluding carboxylic acids is 1. The smallest absolute Gasteiger partial charge is 0.243 e. The number of hydrogen-bond donors (Lipinski definition) is 1. The molecule has 3 aromatic rings. The number of morpholine rings is 1. The van der Waals surface area contributed by atoms with Crippen LogP contribution >= 0.6 is 0 Å². The molecule has 1 amide bonds. The Kier molecular flexibility index (Phi) is 6.73. The Bertz CT molecular complexity index is 1320. The number of benzene rings is 2. The summed E-state index contributed by atoms with van der Waals surface area (Å²) in [7, 11) is -3.56. The SMILES string of the molecule is Cc1ccc(NC(=O)[C@@H]2CCCN(c3ccc4cc(S(=O)(=O)N5CCOCC5)ccc4n3)C2)cc1. The number of ether oxygens (including phenoxy) is 1. The maximum atomic E-state index is 13.0. The summed E-state index contributed by atoms with van der Waals surface area (Å²) in [5.41, 5.74) is 2.69. The van der Waals surface area contributed by atoms with Crippen LogP contribution in [0.1, 0.15) is 18.4 Å². The van der Waals surface area contributed by atoms with Gasteiger partial charge in [0.1, 0.15) is 5.82 Å². The van der Waals surface area contributed by atoms with E-state index in [1.165, 1.54) is 4.31 Å². The van der Waals surface area contributed by atoms with Crippen LogP contribution in [0.5, 0.6) is 0 Å². The number of carbonyl (C=O) groups is 1. The van der Waals surface area contributed by atoms with Crippen molar-refractivity contribution in [3.05, 3.63) is 60.2 Å². The molecule has 1 atom stereocenters. The second kappa shape index (κ2) is 9.93. The van der Waals surface area contributed by atoms with E-state index >= 15 is 0 Å². The number of fused-ring (bicyclic) bond motifs is 1.